The Morgan fingerprint density at radius 1 is 1.31 bits per heavy atom. The molecule has 1 radical (unpaired) electrons. The average Bonchev–Trinajstić information content (AvgIpc) is 2.74. The lowest BCUT2D eigenvalue weighted by molar-refractivity contribution is -0.127. The molecule has 0 saturated carbocycles. The Morgan fingerprint density at radius 2 is 2.07 bits per heavy atom. The van der Waals surface area contributed by atoms with Crippen molar-refractivity contribution >= 4 is 23.6 Å². The van der Waals surface area contributed by atoms with Crippen molar-refractivity contribution in [1.29, 1.82) is 0 Å². The maximum Gasteiger partial charge on any atom is 0.233 e. The van der Waals surface area contributed by atoms with E-state index in [0.29, 0.717) is 18.8 Å². The lowest BCUT2D eigenvalue weighted by Gasteiger charge is -2.42. The number of rotatable bonds is 4. The van der Waals surface area contributed by atoms with Gasteiger partial charge in [0.1, 0.15) is 5.82 Å². The Hall–Kier alpha value is -2.93. The number of hydrogen-bond acceptors (Lipinski definition) is 5. The van der Waals surface area contributed by atoms with Gasteiger partial charge in [-0.3, -0.25) is 9.59 Å². The van der Waals surface area contributed by atoms with Crippen LogP contribution in [0.15, 0.2) is 36.4 Å². The number of carbonyl (C=O) groups excluding carboxylic acids is 2. The highest BCUT2D eigenvalue weighted by Gasteiger charge is 2.46. The predicted octanol–water partition coefficient (Wildman–Crippen LogP) is 2.32. The van der Waals surface area contributed by atoms with Crippen molar-refractivity contribution in [2.75, 3.05) is 36.5 Å². The van der Waals surface area contributed by atoms with Gasteiger partial charge in [0.05, 0.1) is 30.4 Å². The molecule has 1 fully saturated rings. The molecule has 3 N–H and O–H groups in total. The molecule has 151 valence electrons. The number of amides is 1. The number of morpholine rings is 1. The zero-order chi connectivity index (χ0) is 20.6. The minimum Gasteiger partial charge on any atom is -0.378 e. The number of benzene rings is 2. The van der Waals surface area contributed by atoms with Crippen molar-refractivity contribution in [3.05, 3.63) is 58.9 Å². The summed E-state index contributed by atoms with van der Waals surface area (Å²) < 4.78 is 20.0. The van der Waals surface area contributed by atoms with Crippen LogP contribution >= 0.6 is 0 Å². The van der Waals surface area contributed by atoms with Gasteiger partial charge in [0.2, 0.25) is 12.2 Å². The van der Waals surface area contributed by atoms with Gasteiger partial charge in [0.25, 0.3) is 0 Å². The topological polar surface area (TPSA) is 84.7 Å². The molecule has 2 aromatic carbocycles. The second-order valence-electron chi connectivity index (χ2n) is 7.78. The molecule has 2 atom stereocenters. The van der Waals surface area contributed by atoms with Crippen LogP contribution in [-0.4, -0.2) is 38.5 Å². The van der Waals surface area contributed by atoms with Crippen molar-refractivity contribution < 1.29 is 18.7 Å². The number of primary amides is 1. The van der Waals surface area contributed by atoms with Crippen LogP contribution in [0.1, 0.15) is 29.7 Å². The lowest BCUT2D eigenvalue weighted by Crippen LogP contribution is -2.47. The number of halogens is 1. The normalized spacial score (nSPS) is 23.8. The van der Waals surface area contributed by atoms with Gasteiger partial charge in [-0.2, -0.15) is 0 Å². The molecule has 6 nitrogen and oxygen atoms in total. The molecule has 0 bridgehead atoms. The van der Waals surface area contributed by atoms with E-state index < -0.39 is 23.2 Å². The fraction of sp³-hybridized carbons (Fsp3) is 0.364. The van der Waals surface area contributed by atoms with Gasteiger partial charge in [-0.1, -0.05) is 12.1 Å². The van der Waals surface area contributed by atoms with E-state index in [0.717, 1.165) is 24.3 Å². The number of nitrogens with zero attached hydrogens (tertiary/aromatic N) is 1. The van der Waals surface area contributed by atoms with Crippen LogP contribution in [0, 0.1) is 11.2 Å². The van der Waals surface area contributed by atoms with E-state index in [9.17, 15) is 14.0 Å². The molecule has 2 aliphatic heterocycles. The largest absolute Gasteiger partial charge is 0.378 e. The molecule has 1 saturated heterocycles. The number of carbonyl (C=O) groups is 1. The molecule has 2 aromatic rings. The van der Waals surface area contributed by atoms with Crippen LogP contribution in [0.25, 0.3) is 0 Å². The number of nitrogens with one attached hydrogen (secondary N) is 1. The summed E-state index contributed by atoms with van der Waals surface area (Å²) in [5.74, 6) is -0.988. The molecule has 4 rings (SSSR count). The molecule has 2 aliphatic rings. The molecule has 0 spiro atoms. The zero-order valence-corrected chi connectivity index (χ0v) is 16.2. The molecule has 0 aromatic heterocycles. The van der Waals surface area contributed by atoms with E-state index in [2.05, 4.69) is 10.2 Å². The predicted molar refractivity (Wildman–Crippen MR) is 108 cm³/mol. The molecule has 1 amide bonds. The third kappa shape index (κ3) is 3.35. The lowest BCUT2D eigenvalue weighted by atomic mass is 9.70. The monoisotopic (exact) mass is 396 g/mol. The van der Waals surface area contributed by atoms with Crippen LogP contribution in [0.5, 0.6) is 0 Å². The SMILES string of the molecule is CC1(C(N)=O)Cc2c([C]=O)ccc(F)c2NC1c1cccc(N2CCOCC2)c1. The second-order valence-corrected chi connectivity index (χ2v) is 7.78. The molecule has 2 unspecified atom stereocenters. The smallest absolute Gasteiger partial charge is 0.233 e. The minimum absolute atomic E-state index is 0.152. The van der Waals surface area contributed by atoms with E-state index in [1.165, 1.54) is 12.1 Å². The fourth-order valence-corrected chi connectivity index (χ4v) is 4.23. The Morgan fingerprint density at radius 3 is 2.76 bits per heavy atom. The van der Waals surface area contributed by atoms with E-state index in [1.807, 2.05) is 30.6 Å². The first-order valence-corrected chi connectivity index (χ1v) is 9.62. The number of fused-ring (bicyclic) bond motifs is 1. The Bertz CT molecular complexity index is 958. The standard InChI is InChI=1S/C22H23FN3O3/c1-22(21(24)28)12-17-15(13-27)5-6-18(23)19(17)25-20(22)14-3-2-4-16(11-14)26-7-9-29-10-8-26/h2-6,11,20,25H,7-10,12H2,1H3,(H2,24,28). The summed E-state index contributed by atoms with van der Waals surface area (Å²) in [7, 11) is 0. The van der Waals surface area contributed by atoms with Crippen molar-refractivity contribution in [2.24, 2.45) is 11.1 Å². The second kappa shape index (κ2) is 7.48. The van der Waals surface area contributed by atoms with Crippen LogP contribution < -0.4 is 16.0 Å². The maximum absolute atomic E-state index is 14.6. The first-order valence-electron chi connectivity index (χ1n) is 9.62. The Kier molecular flexibility index (Phi) is 5.00. The van der Waals surface area contributed by atoms with Crippen LogP contribution in [0.4, 0.5) is 15.8 Å². The van der Waals surface area contributed by atoms with E-state index >= 15 is 0 Å². The Labute approximate surface area is 168 Å². The highest BCUT2D eigenvalue weighted by Crippen LogP contribution is 2.47. The molecular formula is C22H23FN3O3. The number of nitrogens with two attached hydrogens (primary N) is 1. The van der Waals surface area contributed by atoms with Crippen LogP contribution in [0.3, 0.4) is 0 Å². The Balaban J connectivity index is 1.78. The molecule has 0 aliphatic carbocycles. The van der Waals surface area contributed by atoms with Crippen molar-refractivity contribution in [3.8, 4) is 0 Å². The average molecular weight is 396 g/mol. The van der Waals surface area contributed by atoms with E-state index in [-0.39, 0.29) is 17.7 Å². The van der Waals surface area contributed by atoms with Gasteiger partial charge >= 0.3 is 0 Å². The molecule has 2 heterocycles. The highest BCUT2D eigenvalue weighted by molar-refractivity contribution is 5.87. The quantitative estimate of drug-likeness (QED) is 0.829. The van der Waals surface area contributed by atoms with Crippen LogP contribution in [0.2, 0.25) is 0 Å². The first kappa shape index (κ1) is 19.4. The summed E-state index contributed by atoms with van der Waals surface area (Å²) in [6, 6.07) is 9.91. The highest BCUT2D eigenvalue weighted by atomic mass is 19.1. The van der Waals surface area contributed by atoms with Gasteiger partial charge in [-0.25, -0.2) is 4.39 Å². The third-order valence-corrected chi connectivity index (χ3v) is 5.98. The van der Waals surface area contributed by atoms with E-state index in [1.54, 1.807) is 6.92 Å². The molecular weight excluding hydrogens is 373 g/mol. The number of ether oxygens (including phenoxy) is 1. The maximum atomic E-state index is 14.6. The summed E-state index contributed by atoms with van der Waals surface area (Å²) in [6.07, 6.45) is 1.99. The van der Waals surface area contributed by atoms with Gasteiger partial charge < -0.3 is 20.7 Å². The van der Waals surface area contributed by atoms with Crippen molar-refractivity contribution in [1.82, 2.24) is 0 Å². The fourth-order valence-electron chi connectivity index (χ4n) is 4.23. The zero-order valence-electron chi connectivity index (χ0n) is 16.2. The van der Waals surface area contributed by atoms with Gasteiger partial charge in [0.15, 0.2) is 0 Å². The summed E-state index contributed by atoms with van der Waals surface area (Å²) in [5.41, 5.74) is 7.50. The van der Waals surface area contributed by atoms with Gasteiger partial charge in [0, 0.05) is 24.3 Å². The van der Waals surface area contributed by atoms with Crippen molar-refractivity contribution in [3.63, 3.8) is 0 Å². The van der Waals surface area contributed by atoms with Crippen LogP contribution in [-0.2, 0) is 20.7 Å². The van der Waals surface area contributed by atoms with Crippen molar-refractivity contribution in [2.45, 2.75) is 19.4 Å². The minimum atomic E-state index is -1.05. The van der Waals surface area contributed by atoms with E-state index in [4.69, 9.17) is 10.5 Å². The third-order valence-electron chi connectivity index (χ3n) is 5.98. The number of anilines is 2. The summed E-state index contributed by atoms with van der Waals surface area (Å²) in [5, 5.41) is 3.16. The van der Waals surface area contributed by atoms with Gasteiger partial charge in [-0.05, 0) is 48.7 Å². The summed E-state index contributed by atoms with van der Waals surface area (Å²) in [6.45, 7) is 4.63. The summed E-state index contributed by atoms with van der Waals surface area (Å²) >= 11 is 0. The molecule has 29 heavy (non-hydrogen) atoms. The first-order chi connectivity index (χ1) is 13.9. The molecule has 7 heteroatoms. The summed E-state index contributed by atoms with van der Waals surface area (Å²) in [4.78, 5) is 26.1. The number of hydrogen-bond donors (Lipinski definition) is 2. The van der Waals surface area contributed by atoms with Gasteiger partial charge in [-0.15, -0.1) is 0 Å².